The Morgan fingerprint density at radius 3 is 1.71 bits per heavy atom. The van der Waals surface area contributed by atoms with Gasteiger partial charge in [0.15, 0.2) is 23.3 Å². The fourth-order valence-corrected chi connectivity index (χ4v) is 3.88. The van der Waals surface area contributed by atoms with Crippen molar-refractivity contribution in [1.82, 2.24) is 9.97 Å². The van der Waals surface area contributed by atoms with Gasteiger partial charge in [-0.05, 0) is 54.7 Å². The number of ether oxygens (including phenoxy) is 3. The van der Waals surface area contributed by atoms with Crippen molar-refractivity contribution in [2.45, 2.75) is 39.5 Å². The molecule has 2 aliphatic rings. The monoisotopic (exact) mass is 496 g/mol. The second-order valence-corrected chi connectivity index (χ2v) is 9.70. The van der Waals surface area contributed by atoms with E-state index in [2.05, 4.69) is 34.4 Å². The van der Waals surface area contributed by atoms with Crippen LogP contribution in [-0.2, 0) is 9.47 Å². The number of methoxy groups -OCH3 is 1. The minimum atomic E-state index is -0.675. The van der Waals surface area contributed by atoms with Crippen LogP contribution < -0.4 is 15.4 Å². The van der Waals surface area contributed by atoms with Gasteiger partial charge in [-0.2, -0.15) is 14.4 Å². The average molecular weight is 497 g/mol. The fourth-order valence-electron chi connectivity index (χ4n) is 3.88. The number of hydrogen-bond acceptors (Lipinski definition) is 7. The lowest BCUT2D eigenvalue weighted by Crippen LogP contribution is -2.33. The first kappa shape index (κ1) is 27.0. The van der Waals surface area contributed by atoms with E-state index in [4.69, 9.17) is 14.2 Å². The molecule has 0 amide bonds. The molecular weight excluding hydrogens is 461 g/mol. The van der Waals surface area contributed by atoms with Gasteiger partial charge < -0.3 is 24.8 Å². The SMILES string of the molecule is CC1(CNc2nc(F)ccc2F)CCOCC1.COc1ccc(F)c(NCC2(C)CCOCC2)n1. The number of hydrogen-bond donors (Lipinski definition) is 2. The number of anilines is 2. The molecule has 2 fully saturated rings. The van der Waals surface area contributed by atoms with Gasteiger partial charge in [-0.3, -0.25) is 0 Å². The predicted octanol–water partition coefficient (Wildman–Crippen LogP) is 5.05. The Kier molecular flexibility index (Phi) is 9.56. The van der Waals surface area contributed by atoms with Gasteiger partial charge in [0.05, 0.1) is 7.11 Å². The van der Waals surface area contributed by atoms with E-state index in [0.29, 0.717) is 19.0 Å². The van der Waals surface area contributed by atoms with Crippen LogP contribution in [0, 0.1) is 28.4 Å². The topological polar surface area (TPSA) is 77.5 Å². The highest BCUT2D eigenvalue weighted by Gasteiger charge is 2.28. The van der Waals surface area contributed by atoms with Crippen molar-refractivity contribution >= 4 is 11.6 Å². The maximum Gasteiger partial charge on any atom is 0.215 e. The van der Waals surface area contributed by atoms with E-state index in [9.17, 15) is 13.2 Å². The van der Waals surface area contributed by atoms with E-state index in [1.54, 1.807) is 0 Å². The van der Waals surface area contributed by atoms with Gasteiger partial charge in [0.1, 0.15) is 0 Å². The number of pyridine rings is 2. The smallest absolute Gasteiger partial charge is 0.215 e. The number of nitrogens with zero attached hydrogens (tertiary/aromatic N) is 2. The molecule has 35 heavy (non-hydrogen) atoms. The molecule has 0 saturated carbocycles. The summed E-state index contributed by atoms with van der Waals surface area (Å²) in [5.41, 5.74) is 0.189. The first-order chi connectivity index (χ1) is 16.7. The quantitative estimate of drug-likeness (QED) is 0.520. The number of halogens is 3. The molecule has 2 N–H and O–H groups in total. The highest BCUT2D eigenvalue weighted by Crippen LogP contribution is 2.31. The minimum Gasteiger partial charge on any atom is -0.481 e. The molecule has 0 spiro atoms. The van der Waals surface area contributed by atoms with Crippen LogP contribution in [0.1, 0.15) is 39.5 Å². The van der Waals surface area contributed by atoms with Crippen molar-refractivity contribution < 1.29 is 27.4 Å². The third-order valence-corrected chi connectivity index (χ3v) is 6.61. The van der Waals surface area contributed by atoms with E-state index >= 15 is 0 Å². The molecule has 2 saturated heterocycles. The Morgan fingerprint density at radius 2 is 1.23 bits per heavy atom. The Labute approximate surface area is 204 Å². The van der Waals surface area contributed by atoms with E-state index in [1.165, 1.54) is 19.2 Å². The highest BCUT2D eigenvalue weighted by molar-refractivity contribution is 5.39. The Morgan fingerprint density at radius 1 is 0.771 bits per heavy atom. The van der Waals surface area contributed by atoms with E-state index in [0.717, 1.165) is 64.2 Å². The van der Waals surface area contributed by atoms with Crippen LogP contribution in [-0.4, -0.2) is 56.6 Å². The van der Waals surface area contributed by atoms with Gasteiger partial charge in [0.2, 0.25) is 11.8 Å². The van der Waals surface area contributed by atoms with E-state index < -0.39 is 11.8 Å². The normalized spacial score (nSPS) is 18.7. The molecule has 0 aliphatic carbocycles. The summed E-state index contributed by atoms with van der Waals surface area (Å²) in [6.07, 6.45) is 3.78. The predicted molar refractivity (Wildman–Crippen MR) is 128 cm³/mol. The molecule has 0 atom stereocenters. The summed E-state index contributed by atoms with van der Waals surface area (Å²) in [6, 6.07) is 4.96. The third-order valence-electron chi connectivity index (χ3n) is 6.61. The molecule has 2 aromatic heterocycles. The zero-order chi connectivity index (χ0) is 25.3. The second kappa shape index (κ2) is 12.4. The Bertz CT molecular complexity index is 952. The van der Waals surface area contributed by atoms with Gasteiger partial charge >= 0.3 is 0 Å². The molecule has 4 rings (SSSR count). The van der Waals surface area contributed by atoms with Crippen LogP contribution in [0.15, 0.2) is 24.3 Å². The maximum atomic E-state index is 13.6. The fraction of sp³-hybridized carbons (Fsp3) is 0.600. The standard InChI is InChI=1S/C13H19FN2O2.C12H16F2N2O/c1-13(5-7-18-8-6-13)9-15-12-10(14)3-4-11(16-12)17-2;1-12(4-6-17-7-5-12)8-15-11-9(13)2-3-10(14)16-11/h3-4H,5-9H2,1-2H3,(H,15,16);2-3H,4-8H2,1H3,(H,15,16). The molecular formula is C25H35F3N4O3. The van der Waals surface area contributed by atoms with Crippen LogP contribution in [0.3, 0.4) is 0 Å². The van der Waals surface area contributed by atoms with Crippen molar-refractivity contribution in [3.05, 3.63) is 41.8 Å². The Balaban J connectivity index is 0.000000196. The van der Waals surface area contributed by atoms with E-state index in [1.807, 2.05) is 0 Å². The summed E-state index contributed by atoms with van der Waals surface area (Å²) < 4.78 is 55.4. The van der Waals surface area contributed by atoms with Crippen molar-refractivity contribution in [2.75, 3.05) is 57.3 Å². The van der Waals surface area contributed by atoms with Crippen molar-refractivity contribution in [2.24, 2.45) is 10.8 Å². The molecule has 7 nitrogen and oxygen atoms in total. The lowest BCUT2D eigenvalue weighted by atomic mass is 9.82. The highest BCUT2D eigenvalue weighted by atomic mass is 19.1. The molecule has 10 heteroatoms. The number of rotatable bonds is 7. The molecule has 0 aromatic carbocycles. The maximum absolute atomic E-state index is 13.6. The van der Waals surface area contributed by atoms with Crippen LogP contribution >= 0.6 is 0 Å². The molecule has 0 bridgehead atoms. The number of aromatic nitrogens is 2. The molecule has 2 aliphatic heterocycles. The first-order valence-corrected chi connectivity index (χ1v) is 11.9. The lowest BCUT2D eigenvalue weighted by Gasteiger charge is -2.33. The van der Waals surface area contributed by atoms with Crippen molar-refractivity contribution in [3.63, 3.8) is 0 Å². The molecule has 194 valence electrons. The second-order valence-electron chi connectivity index (χ2n) is 9.70. The number of nitrogens with one attached hydrogen (secondary N) is 2. The van der Waals surface area contributed by atoms with Gasteiger partial charge in [-0.15, -0.1) is 0 Å². The minimum absolute atomic E-state index is 0.0160. The molecule has 0 unspecified atom stereocenters. The lowest BCUT2D eigenvalue weighted by molar-refractivity contribution is 0.0297. The summed E-state index contributed by atoms with van der Waals surface area (Å²) >= 11 is 0. The summed E-state index contributed by atoms with van der Waals surface area (Å²) in [7, 11) is 1.52. The summed E-state index contributed by atoms with van der Waals surface area (Å²) in [4.78, 5) is 7.57. The zero-order valence-electron chi connectivity index (χ0n) is 20.6. The summed E-state index contributed by atoms with van der Waals surface area (Å²) in [6.45, 7) is 8.53. The largest absolute Gasteiger partial charge is 0.481 e. The van der Waals surface area contributed by atoms with Crippen molar-refractivity contribution in [1.29, 1.82) is 0 Å². The van der Waals surface area contributed by atoms with Gasteiger partial charge in [0, 0.05) is 45.6 Å². The van der Waals surface area contributed by atoms with Crippen LogP contribution in [0.2, 0.25) is 0 Å². The summed E-state index contributed by atoms with van der Waals surface area (Å²) in [5, 5.41) is 5.96. The molecule has 2 aromatic rings. The zero-order valence-corrected chi connectivity index (χ0v) is 20.6. The van der Waals surface area contributed by atoms with Gasteiger partial charge in [-0.1, -0.05) is 13.8 Å². The van der Waals surface area contributed by atoms with Crippen LogP contribution in [0.4, 0.5) is 24.8 Å². The van der Waals surface area contributed by atoms with E-state index in [-0.39, 0.29) is 28.3 Å². The van der Waals surface area contributed by atoms with Gasteiger partial charge in [0.25, 0.3) is 0 Å². The summed E-state index contributed by atoms with van der Waals surface area (Å²) in [5.74, 6) is -0.907. The average Bonchev–Trinajstić information content (AvgIpc) is 2.85. The Hall–Kier alpha value is -2.59. The van der Waals surface area contributed by atoms with Gasteiger partial charge in [-0.25, -0.2) is 8.78 Å². The molecule has 4 heterocycles. The van der Waals surface area contributed by atoms with Crippen LogP contribution in [0.25, 0.3) is 0 Å². The first-order valence-electron chi connectivity index (χ1n) is 11.9. The molecule has 0 radical (unpaired) electrons. The van der Waals surface area contributed by atoms with Crippen molar-refractivity contribution in [3.8, 4) is 5.88 Å². The third kappa shape index (κ3) is 8.24. The van der Waals surface area contributed by atoms with Crippen LogP contribution in [0.5, 0.6) is 5.88 Å².